The number of hydrogen-bond donors (Lipinski definition) is 1. The Hall–Kier alpha value is -0.730. The third-order valence-corrected chi connectivity index (χ3v) is 3.24. The molecule has 1 aliphatic rings. The van der Waals surface area contributed by atoms with Crippen LogP contribution in [0.15, 0.2) is 24.3 Å². The number of nitrogens with two attached hydrogens (primary N) is 1. The van der Waals surface area contributed by atoms with Crippen LogP contribution in [0.2, 0.25) is 5.02 Å². The highest BCUT2D eigenvalue weighted by atomic mass is 35.5. The SMILES string of the molecule is CC1(N)CCCN(c2ccccc2Cl)C1. The van der Waals surface area contributed by atoms with E-state index in [1.165, 1.54) is 0 Å². The van der Waals surface area contributed by atoms with E-state index in [1.807, 2.05) is 18.2 Å². The van der Waals surface area contributed by atoms with Gasteiger partial charge >= 0.3 is 0 Å². The van der Waals surface area contributed by atoms with E-state index in [0.717, 1.165) is 36.6 Å². The van der Waals surface area contributed by atoms with Crippen LogP contribution in [0.1, 0.15) is 19.8 Å². The zero-order chi connectivity index (χ0) is 10.9. The highest BCUT2D eigenvalue weighted by Crippen LogP contribution is 2.29. The van der Waals surface area contributed by atoms with E-state index in [4.69, 9.17) is 17.3 Å². The van der Waals surface area contributed by atoms with Gasteiger partial charge in [0.2, 0.25) is 0 Å². The smallest absolute Gasteiger partial charge is 0.0639 e. The van der Waals surface area contributed by atoms with Gasteiger partial charge in [-0.2, -0.15) is 0 Å². The van der Waals surface area contributed by atoms with E-state index in [0.29, 0.717) is 0 Å². The third-order valence-electron chi connectivity index (χ3n) is 2.92. The number of piperidine rings is 1. The van der Waals surface area contributed by atoms with E-state index in [-0.39, 0.29) is 5.54 Å². The quantitative estimate of drug-likeness (QED) is 0.795. The van der Waals surface area contributed by atoms with Crippen molar-refractivity contribution in [2.45, 2.75) is 25.3 Å². The first-order valence-corrected chi connectivity index (χ1v) is 5.75. The van der Waals surface area contributed by atoms with Crippen LogP contribution in [0.25, 0.3) is 0 Å². The first kappa shape index (κ1) is 10.8. The van der Waals surface area contributed by atoms with Crippen LogP contribution in [-0.4, -0.2) is 18.6 Å². The van der Waals surface area contributed by atoms with Crippen molar-refractivity contribution in [3.63, 3.8) is 0 Å². The van der Waals surface area contributed by atoms with Gasteiger partial charge in [0, 0.05) is 18.6 Å². The number of benzene rings is 1. The topological polar surface area (TPSA) is 29.3 Å². The van der Waals surface area contributed by atoms with Gasteiger partial charge in [-0.3, -0.25) is 0 Å². The molecule has 1 heterocycles. The van der Waals surface area contributed by atoms with Crippen LogP contribution < -0.4 is 10.6 Å². The van der Waals surface area contributed by atoms with E-state index in [2.05, 4.69) is 17.9 Å². The minimum Gasteiger partial charge on any atom is -0.369 e. The summed E-state index contributed by atoms with van der Waals surface area (Å²) in [6.07, 6.45) is 2.23. The summed E-state index contributed by atoms with van der Waals surface area (Å²) in [5.74, 6) is 0. The van der Waals surface area contributed by atoms with Gasteiger partial charge in [-0.25, -0.2) is 0 Å². The first-order chi connectivity index (χ1) is 7.08. The molecule has 0 amide bonds. The molecule has 1 atom stereocenters. The molecule has 0 spiro atoms. The largest absolute Gasteiger partial charge is 0.369 e. The molecule has 0 saturated carbocycles. The van der Waals surface area contributed by atoms with Crippen LogP contribution in [-0.2, 0) is 0 Å². The van der Waals surface area contributed by atoms with Crippen molar-refractivity contribution >= 4 is 17.3 Å². The maximum atomic E-state index is 6.17. The summed E-state index contributed by atoms with van der Waals surface area (Å²) in [5.41, 5.74) is 7.19. The molecule has 2 nitrogen and oxygen atoms in total. The van der Waals surface area contributed by atoms with Crippen molar-refractivity contribution in [1.82, 2.24) is 0 Å². The lowest BCUT2D eigenvalue weighted by atomic mass is 9.92. The molecule has 82 valence electrons. The number of nitrogens with zero attached hydrogens (tertiary/aromatic N) is 1. The van der Waals surface area contributed by atoms with E-state index in [1.54, 1.807) is 0 Å². The van der Waals surface area contributed by atoms with E-state index in [9.17, 15) is 0 Å². The molecule has 1 aromatic carbocycles. The first-order valence-electron chi connectivity index (χ1n) is 5.37. The lowest BCUT2D eigenvalue weighted by Gasteiger charge is -2.39. The van der Waals surface area contributed by atoms with Crippen molar-refractivity contribution in [3.8, 4) is 0 Å². The number of hydrogen-bond acceptors (Lipinski definition) is 2. The van der Waals surface area contributed by atoms with Gasteiger partial charge in [-0.15, -0.1) is 0 Å². The second-order valence-corrected chi connectivity index (χ2v) is 5.04. The van der Waals surface area contributed by atoms with Crippen molar-refractivity contribution in [2.75, 3.05) is 18.0 Å². The van der Waals surface area contributed by atoms with E-state index < -0.39 is 0 Å². The summed E-state index contributed by atoms with van der Waals surface area (Å²) in [4.78, 5) is 2.28. The Bertz CT molecular complexity index is 349. The van der Waals surface area contributed by atoms with Crippen LogP contribution in [0.4, 0.5) is 5.69 Å². The number of rotatable bonds is 1. The average Bonchev–Trinajstić information content (AvgIpc) is 2.17. The molecule has 1 unspecified atom stereocenters. The van der Waals surface area contributed by atoms with Crippen LogP contribution in [0.5, 0.6) is 0 Å². The zero-order valence-corrected chi connectivity index (χ0v) is 9.80. The lowest BCUT2D eigenvalue weighted by molar-refractivity contribution is 0.375. The van der Waals surface area contributed by atoms with Gasteiger partial charge in [0.15, 0.2) is 0 Å². The Labute approximate surface area is 96.0 Å². The van der Waals surface area contributed by atoms with Gasteiger partial charge in [-0.1, -0.05) is 23.7 Å². The molecule has 0 radical (unpaired) electrons. The van der Waals surface area contributed by atoms with Gasteiger partial charge in [0.1, 0.15) is 0 Å². The molecule has 0 aromatic heterocycles. The summed E-state index contributed by atoms with van der Waals surface area (Å²) >= 11 is 6.17. The highest BCUT2D eigenvalue weighted by molar-refractivity contribution is 6.33. The Morgan fingerprint density at radius 1 is 1.40 bits per heavy atom. The van der Waals surface area contributed by atoms with Crippen molar-refractivity contribution in [3.05, 3.63) is 29.3 Å². The van der Waals surface area contributed by atoms with Crippen molar-refractivity contribution in [1.29, 1.82) is 0 Å². The fourth-order valence-corrected chi connectivity index (χ4v) is 2.44. The van der Waals surface area contributed by atoms with Gasteiger partial charge in [0.05, 0.1) is 10.7 Å². The van der Waals surface area contributed by atoms with Crippen molar-refractivity contribution in [2.24, 2.45) is 5.73 Å². The monoisotopic (exact) mass is 224 g/mol. The summed E-state index contributed by atoms with van der Waals surface area (Å²) in [6, 6.07) is 7.96. The molecule has 0 bridgehead atoms. The molecular weight excluding hydrogens is 208 g/mol. The molecule has 0 aliphatic carbocycles. The molecule has 2 rings (SSSR count). The average molecular weight is 225 g/mol. The minimum absolute atomic E-state index is 0.0859. The molecule has 2 N–H and O–H groups in total. The number of anilines is 1. The predicted octanol–water partition coefficient (Wildman–Crippen LogP) is 2.66. The Kier molecular flexibility index (Phi) is 2.89. The zero-order valence-electron chi connectivity index (χ0n) is 9.04. The van der Waals surface area contributed by atoms with Crippen LogP contribution in [0, 0.1) is 0 Å². The summed E-state index contributed by atoms with van der Waals surface area (Å²) in [5, 5.41) is 0.815. The second-order valence-electron chi connectivity index (χ2n) is 4.63. The van der Waals surface area contributed by atoms with Crippen LogP contribution in [0.3, 0.4) is 0 Å². The Morgan fingerprint density at radius 2 is 2.13 bits per heavy atom. The molecule has 15 heavy (non-hydrogen) atoms. The number of para-hydroxylation sites is 1. The number of halogens is 1. The second kappa shape index (κ2) is 4.03. The van der Waals surface area contributed by atoms with E-state index >= 15 is 0 Å². The predicted molar refractivity (Wildman–Crippen MR) is 65.5 cm³/mol. The highest BCUT2D eigenvalue weighted by Gasteiger charge is 2.27. The molecule has 1 aliphatic heterocycles. The third kappa shape index (κ3) is 2.44. The van der Waals surface area contributed by atoms with Crippen molar-refractivity contribution < 1.29 is 0 Å². The Morgan fingerprint density at radius 3 is 2.80 bits per heavy atom. The normalized spacial score (nSPS) is 26.7. The summed E-state index contributed by atoms with van der Waals surface area (Å²) < 4.78 is 0. The van der Waals surface area contributed by atoms with Gasteiger partial charge in [0.25, 0.3) is 0 Å². The van der Waals surface area contributed by atoms with Crippen LogP contribution >= 0.6 is 11.6 Å². The lowest BCUT2D eigenvalue weighted by Crippen LogP contribution is -2.52. The fourth-order valence-electron chi connectivity index (χ4n) is 2.18. The maximum Gasteiger partial charge on any atom is 0.0639 e. The molecule has 1 fully saturated rings. The maximum absolute atomic E-state index is 6.17. The summed E-state index contributed by atoms with van der Waals surface area (Å²) in [6.45, 7) is 4.04. The minimum atomic E-state index is -0.0859. The fraction of sp³-hybridized carbons (Fsp3) is 0.500. The summed E-state index contributed by atoms with van der Waals surface area (Å²) in [7, 11) is 0. The standard InChI is InChI=1S/C12H17ClN2/c1-12(14)7-4-8-15(9-12)11-6-3-2-5-10(11)13/h2-3,5-6H,4,7-9,14H2,1H3. The molecule has 1 aromatic rings. The van der Waals surface area contributed by atoms with Gasteiger partial charge < -0.3 is 10.6 Å². The molecular formula is C12H17ClN2. The van der Waals surface area contributed by atoms with Gasteiger partial charge in [-0.05, 0) is 31.9 Å². The Balaban J connectivity index is 2.21. The molecule has 1 saturated heterocycles. The molecule has 3 heteroatoms.